The van der Waals surface area contributed by atoms with Crippen LogP contribution in [0.25, 0.3) is 11.3 Å². The Bertz CT molecular complexity index is 610. The van der Waals surface area contributed by atoms with E-state index in [9.17, 15) is 4.79 Å². The lowest BCUT2D eigenvalue weighted by atomic mass is 9.93. The van der Waals surface area contributed by atoms with Crippen molar-refractivity contribution >= 4 is 18.3 Å². The Kier molecular flexibility index (Phi) is 6.14. The number of nitrogens with two attached hydrogens (primary N) is 1. The molecule has 0 atom stereocenters. The van der Waals surface area contributed by atoms with Crippen LogP contribution < -0.4 is 5.73 Å². The van der Waals surface area contributed by atoms with Crippen molar-refractivity contribution in [2.45, 2.75) is 13.8 Å². The first-order chi connectivity index (χ1) is 9.93. The van der Waals surface area contributed by atoms with Crippen LogP contribution in [0.5, 0.6) is 0 Å². The average Bonchev–Trinajstić information content (AvgIpc) is 2.96. The van der Waals surface area contributed by atoms with Crippen molar-refractivity contribution in [1.82, 2.24) is 15.1 Å². The first-order valence-electron chi connectivity index (χ1n) is 6.99. The van der Waals surface area contributed by atoms with Crippen LogP contribution in [0.4, 0.5) is 0 Å². The Morgan fingerprint density at radius 1 is 1.32 bits per heavy atom. The number of hydrogen-bond donors (Lipinski definition) is 2. The summed E-state index contributed by atoms with van der Waals surface area (Å²) in [5.74, 6) is -0.0776. The van der Waals surface area contributed by atoms with Gasteiger partial charge < -0.3 is 10.6 Å². The molecule has 1 aromatic heterocycles. The number of carbonyl (C=O) groups is 1. The minimum atomic E-state index is -0.104. The molecular weight excluding hydrogens is 300 g/mol. The highest BCUT2D eigenvalue weighted by Crippen LogP contribution is 2.19. The minimum Gasteiger partial charge on any atom is -0.340 e. The lowest BCUT2D eigenvalue weighted by Gasteiger charge is -2.28. The van der Waals surface area contributed by atoms with Crippen molar-refractivity contribution in [3.63, 3.8) is 0 Å². The third kappa shape index (κ3) is 4.32. The van der Waals surface area contributed by atoms with Gasteiger partial charge in [0, 0.05) is 19.2 Å². The Hall–Kier alpha value is -1.85. The standard InChI is InChI=1S/C16H22N4O.ClH/c1-16(2,10-17)11-20(3)15(21)14-9-13(18-19-14)12-7-5-4-6-8-12;/h4-9H,10-11,17H2,1-3H3,(H,18,19);1H. The Balaban J connectivity index is 0.00000242. The van der Waals surface area contributed by atoms with Gasteiger partial charge in [0.05, 0.1) is 5.69 Å². The second-order valence-electron chi connectivity index (χ2n) is 6.06. The van der Waals surface area contributed by atoms with Crippen molar-refractivity contribution in [3.05, 3.63) is 42.1 Å². The van der Waals surface area contributed by atoms with Gasteiger partial charge in [0.1, 0.15) is 5.69 Å². The van der Waals surface area contributed by atoms with E-state index in [0.29, 0.717) is 18.8 Å². The summed E-state index contributed by atoms with van der Waals surface area (Å²) in [4.78, 5) is 14.1. The van der Waals surface area contributed by atoms with Gasteiger partial charge >= 0.3 is 0 Å². The predicted octanol–water partition coefficient (Wildman–Crippen LogP) is 2.56. The molecule has 0 fully saturated rings. The Morgan fingerprint density at radius 3 is 2.55 bits per heavy atom. The number of hydrogen-bond acceptors (Lipinski definition) is 3. The lowest BCUT2D eigenvalue weighted by Crippen LogP contribution is -2.39. The van der Waals surface area contributed by atoms with Crippen LogP contribution in [0, 0.1) is 5.41 Å². The molecule has 0 spiro atoms. The van der Waals surface area contributed by atoms with E-state index in [1.165, 1.54) is 0 Å². The number of nitrogens with zero attached hydrogens (tertiary/aromatic N) is 2. The molecule has 0 bridgehead atoms. The molecule has 2 rings (SSSR count). The van der Waals surface area contributed by atoms with Crippen LogP contribution >= 0.6 is 12.4 Å². The fourth-order valence-corrected chi connectivity index (χ4v) is 2.17. The highest BCUT2D eigenvalue weighted by molar-refractivity contribution is 5.93. The largest absolute Gasteiger partial charge is 0.340 e. The van der Waals surface area contributed by atoms with Gasteiger partial charge in [-0.2, -0.15) is 5.10 Å². The fraction of sp³-hybridized carbons (Fsp3) is 0.375. The zero-order valence-electron chi connectivity index (χ0n) is 13.2. The van der Waals surface area contributed by atoms with E-state index < -0.39 is 0 Å². The predicted molar refractivity (Wildman–Crippen MR) is 91.1 cm³/mol. The van der Waals surface area contributed by atoms with Crippen molar-refractivity contribution in [2.24, 2.45) is 11.1 Å². The Morgan fingerprint density at radius 2 is 1.95 bits per heavy atom. The van der Waals surface area contributed by atoms with E-state index in [-0.39, 0.29) is 23.7 Å². The number of benzene rings is 1. The summed E-state index contributed by atoms with van der Waals surface area (Å²) in [6.45, 7) is 5.21. The molecule has 0 saturated carbocycles. The molecule has 0 aliphatic carbocycles. The summed E-state index contributed by atoms with van der Waals surface area (Å²) in [5, 5.41) is 7.03. The molecule has 0 aliphatic heterocycles. The zero-order chi connectivity index (χ0) is 15.5. The third-order valence-electron chi connectivity index (χ3n) is 3.44. The number of nitrogens with one attached hydrogen (secondary N) is 1. The molecule has 0 aliphatic rings. The van der Waals surface area contributed by atoms with Gasteiger partial charge in [0.2, 0.25) is 0 Å². The van der Waals surface area contributed by atoms with Crippen molar-refractivity contribution in [1.29, 1.82) is 0 Å². The SMILES string of the molecule is CN(CC(C)(C)CN)C(=O)c1cc(-c2ccccc2)n[nH]1.Cl. The summed E-state index contributed by atoms with van der Waals surface area (Å²) in [6.07, 6.45) is 0. The van der Waals surface area contributed by atoms with E-state index in [2.05, 4.69) is 10.2 Å². The summed E-state index contributed by atoms with van der Waals surface area (Å²) in [5.41, 5.74) is 7.85. The molecule has 1 aromatic carbocycles. The second kappa shape index (κ2) is 7.42. The van der Waals surface area contributed by atoms with Crippen LogP contribution in [-0.4, -0.2) is 41.1 Å². The van der Waals surface area contributed by atoms with E-state index in [4.69, 9.17) is 5.73 Å². The maximum atomic E-state index is 12.4. The first kappa shape index (κ1) is 18.2. The number of carbonyl (C=O) groups excluding carboxylic acids is 1. The van der Waals surface area contributed by atoms with Crippen LogP contribution in [0.3, 0.4) is 0 Å². The maximum Gasteiger partial charge on any atom is 0.271 e. The topological polar surface area (TPSA) is 75.0 Å². The summed E-state index contributed by atoms with van der Waals surface area (Å²) >= 11 is 0. The molecular formula is C16H23ClN4O. The first-order valence-corrected chi connectivity index (χ1v) is 6.99. The van der Waals surface area contributed by atoms with Gasteiger partial charge in [0.15, 0.2) is 0 Å². The van der Waals surface area contributed by atoms with Crippen LogP contribution in [0.1, 0.15) is 24.3 Å². The molecule has 120 valence electrons. The van der Waals surface area contributed by atoms with Crippen molar-refractivity contribution in [3.8, 4) is 11.3 Å². The summed E-state index contributed by atoms with van der Waals surface area (Å²) in [6, 6.07) is 11.6. The molecule has 3 N–H and O–H groups in total. The quantitative estimate of drug-likeness (QED) is 0.888. The molecule has 22 heavy (non-hydrogen) atoms. The molecule has 0 unspecified atom stereocenters. The van der Waals surface area contributed by atoms with Gasteiger partial charge in [-0.3, -0.25) is 9.89 Å². The monoisotopic (exact) mass is 322 g/mol. The summed E-state index contributed by atoms with van der Waals surface area (Å²) in [7, 11) is 1.78. The molecule has 6 heteroatoms. The molecule has 1 heterocycles. The van der Waals surface area contributed by atoms with Gasteiger partial charge in [-0.25, -0.2) is 0 Å². The number of H-pyrrole nitrogens is 1. The minimum absolute atomic E-state index is 0. The van der Waals surface area contributed by atoms with Gasteiger partial charge in [0.25, 0.3) is 5.91 Å². The van der Waals surface area contributed by atoms with Gasteiger partial charge in [-0.1, -0.05) is 44.2 Å². The smallest absolute Gasteiger partial charge is 0.271 e. The average molecular weight is 323 g/mol. The van der Waals surface area contributed by atoms with Crippen LogP contribution in [0.15, 0.2) is 36.4 Å². The number of aromatic amines is 1. The van der Waals surface area contributed by atoms with Crippen LogP contribution in [-0.2, 0) is 0 Å². The molecule has 0 radical (unpaired) electrons. The number of aromatic nitrogens is 2. The highest BCUT2D eigenvalue weighted by atomic mass is 35.5. The Labute approximate surface area is 137 Å². The molecule has 0 saturated heterocycles. The molecule has 1 amide bonds. The van der Waals surface area contributed by atoms with Crippen molar-refractivity contribution in [2.75, 3.05) is 20.1 Å². The van der Waals surface area contributed by atoms with E-state index in [1.807, 2.05) is 44.2 Å². The van der Waals surface area contributed by atoms with Gasteiger partial charge in [-0.05, 0) is 18.0 Å². The number of amides is 1. The summed E-state index contributed by atoms with van der Waals surface area (Å²) < 4.78 is 0. The van der Waals surface area contributed by atoms with E-state index in [1.54, 1.807) is 18.0 Å². The zero-order valence-corrected chi connectivity index (χ0v) is 14.0. The maximum absolute atomic E-state index is 12.4. The molecule has 5 nitrogen and oxygen atoms in total. The number of rotatable bonds is 5. The van der Waals surface area contributed by atoms with E-state index >= 15 is 0 Å². The van der Waals surface area contributed by atoms with Gasteiger partial charge in [-0.15, -0.1) is 12.4 Å². The lowest BCUT2D eigenvalue weighted by molar-refractivity contribution is 0.0734. The van der Waals surface area contributed by atoms with Crippen LogP contribution in [0.2, 0.25) is 0 Å². The molecule has 2 aromatic rings. The highest BCUT2D eigenvalue weighted by Gasteiger charge is 2.23. The number of halogens is 1. The fourth-order valence-electron chi connectivity index (χ4n) is 2.17. The normalized spacial score (nSPS) is 10.9. The van der Waals surface area contributed by atoms with Crippen molar-refractivity contribution < 1.29 is 4.79 Å². The second-order valence-corrected chi connectivity index (χ2v) is 6.06. The third-order valence-corrected chi connectivity index (χ3v) is 3.44. The van der Waals surface area contributed by atoms with E-state index in [0.717, 1.165) is 11.3 Å².